The number of ether oxygens (including phenoxy) is 7. The van der Waals surface area contributed by atoms with Crippen LogP contribution >= 0.6 is 0 Å². The average molecular weight is 448 g/mol. The standard InChI is InChI=1S/C9H18N6O3.C8H14O5/c1-16-4-11-8-12-7(10)13-9(14-8)15(5-17-2)6-18-3;1-5-7(9)13-6-8(10-2,11-3)12-4/h4-6H2,1-3H3,(H3,10,11,12,13,14);5H,1,6H2,2-4H3. The van der Waals surface area contributed by atoms with Gasteiger partial charge in [-0.1, -0.05) is 6.58 Å². The highest BCUT2D eigenvalue weighted by Gasteiger charge is 2.31. The van der Waals surface area contributed by atoms with Crippen molar-refractivity contribution >= 4 is 23.8 Å². The van der Waals surface area contributed by atoms with E-state index in [4.69, 9.17) is 38.9 Å². The molecule has 178 valence electrons. The zero-order chi connectivity index (χ0) is 23.7. The summed E-state index contributed by atoms with van der Waals surface area (Å²) in [6, 6.07) is 0. The van der Waals surface area contributed by atoms with Crippen LogP contribution in [0.3, 0.4) is 0 Å². The molecule has 1 heterocycles. The zero-order valence-electron chi connectivity index (χ0n) is 18.7. The van der Waals surface area contributed by atoms with E-state index in [2.05, 4.69) is 26.8 Å². The SMILES string of the molecule is C=CC(=O)OCC(OC)(OC)OC.COCNc1nc(N)nc(N(COC)COC)n1. The molecule has 0 atom stereocenters. The summed E-state index contributed by atoms with van der Waals surface area (Å²) in [4.78, 5) is 24.5. The molecule has 1 rings (SSSR count). The Morgan fingerprint density at radius 2 is 1.61 bits per heavy atom. The lowest BCUT2D eigenvalue weighted by molar-refractivity contribution is -0.364. The summed E-state index contributed by atoms with van der Waals surface area (Å²) in [5, 5.41) is 2.84. The van der Waals surface area contributed by atoms with Crippen LogP contribution in [0.2, 0.25) is 0 Å². The van der Waals surface area contributed by atoms with E-state index in [0.717, 1.165) is 6.08 Å². The number of hydrogen-bond donors (Lipinski definition) is 2. The minimum Gasteiger partial charge on any atom is -0.454 e. The molecule has 0 bridgehead atoms. The van der Waals surface area contributed by atoms with Gasteiger partial charge in [-0.25, -0.2) is 4.79 Å². The van der Waals surface area contributed by atoms with Gasteiger partial charge in [-0.3, -0.25) is 4.90 Å². The monoisotopic (exact) mass is 448 g/mol. The summed E-state index contributed by atoms with van der Waals surface area (Å²) in [5.74, 6) is -1.09. The molecule has 14 nitrogen and oxygen atoms in total. The smallest absolute Gasteiger partial charge is 0.330 e. The van der Waals surface area contributed by atoms with Crippen LogP contribution in [0, 0.1) is 0 Å². The maximum Gasteiger partial charge on any atom is 0.330 e. The Bertz CT molecular complexity index is 633. The summed E-state index contributed by atoms with van der Waals surface area (Å²) < 4.78 is 34.3. The molecule has 0 saturated heterocycles. The van der Waals surface area contributed by atoms with Crippen LogP contribution in [0.15, 0.2) is 12.7 Å². The highest BCUT2D eigenvalue weighted by Crippen LogP contribution is 2.13. The number of hydrogen-bond acceptors (Lipinski definition) is 14. The molecule has 0 aliphatic carbocycles. The normalized spacial score (nSPS) is 10.6. The second kappa shape index (κ2) is 16.1. The number of methoxy groups -OCH3 is 6. The molecule has 0 unspecified atom stereocenters. The molecule has 1 aromatic rings. The van der Waals surface area contributed by atoms with Crippen LogP contribution in [-0.2, 0) is 38.0 Å². The van der Waals surface area contributed by atoms with Gasteiger partial charge < -0.3 is 44.2 Å². The molecule has 0 spiro atoms. The summed E-state index contributed by atoms with van der Waals surface area (Å²) >= 11 is 0. The van der Waals surface area contributed by atoms with Gasteiger partial charge in [-0.2, -0.15) is 15.0 Å². The third kappa shape index (κ3) is 10.8. The average Bonchev–Trinajstić information content (AvgIpc) is 2.78. The third-order valence-corrected chi connectivity index (χ3v) is 3.36. The van der Waals surface area contributed by atoms with Crippen molar-refractivity contribution in [1.29, 1.82) is 0 Å². The molecule has 31 heavy (non-hydrogen) atoms. The lowest BCUT2D eigenvalue weighted by atomic mass is 10.5. The van der Waals surface area contributed by atoms with Gasteiger partial charge in [0.2, 0.25) is 17.8 Å². The maximum atomic E-state index is 10.7. The van der Waals surface area contributed by atoms with Gasteiger partial charge in [0.05, 0.1) is 0 Å². The predicted molar refractivity (Wildman–Crippen MR) is 111 cm³/mol. The second-order valence-corrected chi connectivity index (χ2v) is 5.41. The van der Waals surface area contributed by atoms with Crippen LogP contribution < -0.4 is 16.0 Å². The van der Waals surface area contributed by atoms with Crippen LogP contribution in [-0.4, -0.2) is 96.4 Å². The second-order valence-electron chi connectivity index (χ2n) is 5.41. The fourth-order valence-corrected chi connectivity index (χ4v) is 1.85. The first-order chi connectivity index (χ1) is 14.8. The Morgan fingerprint density at radius 1 is 1.03 bits per heavy atom. The van der Waals surface area contributed by atoms with Gasteiger partial charge >= 0.3 is 11.9 Å². The van der Waals surface area contributed by atoms with E-state index in [1.807, 2.05) is 0 Å². The highest BCUT2D eigenvalue weighted by atomic mass is 16.9. The van der Waals surface area contributed by atoms with Crippen molar-refractivity contribution in [3.05, 3.63) is 12.7 Å². The summed E-state index contributed by atoms with van der Waals surface area (Å²) in [6.45, 7) is 3.92. The van der Waals surface area contributed by atoms with Crippen LogP contribution in [0.25, 0.3) is 0 Å². The lowest BCUT2D eigenvalue weighted by Crippen LogP contribution is -2.41. The molecule has 0 aliphatic heterocycles. The van der Waals surface area contributed by atoms with Crippen molar-refractivity contribution in [1.82, 2.24) is 15.0 Å². The quantitative estimate of drug-likeness (QED) is 0.218. The van der Waals surface area contributed by atoms with Crippen molar-refractivity contribution in [2.45, 2.75) is 5.97 Å². The minimum absolute atomic E-state index is 0.107. The van der Waals surface area contributed by atoms with E-state index in [1.54, 1.807) is 26.2 Å². The third-order valence-electron chi connectivity index (χ3n) is 3.36. The number of rotatable bonds is 14. The van der Waals surface area contributed by atoms with Crippen molar-refractivity contribution in [3.8, 4) is 0 Å². The molecular formula is C17H32N6O8. The fraction of sp³-hybridized carbons (Fsp3) is 0.647. The molecule has 3 N–H and O–H groups in total. The molecule has 0 aliphatic rings. The van der Waals surface area contributed by atoms with Crippen molar-refractivity contribution in [2.75, 3.05) is 85.4 Å². The zero-order valence-corrected chi connectivity index (χ0v) is 18.7. The Kier molecular flexibility index (Phi) is 14.8. The first kappa shape index (κ1) is 28.4. The van der Waals surface area contributed by atoms with E-state index >= 15 is 0 Å². The van der Waals surface area contributed by atoms with Crippen LogP contribution in [0.5, 0.6) is 0 Å². The Hall–Kier alpha value is -2.62. The summed E-state index contributed by atoms with van der Waals surface area (Å²) in [7, 11) is 8.84. The molecule has 0 aromatic carbocycles. The predicted octanol–water partition coefficient (Wildman–Crippen LogP) is -0.208. The molecule has 0 fully saturated rings. The van der Waals surface area contributed by atoms with Crippen molar-refractivity contribution in [2.24, 2.45) is 0 Å². The molecular weight excluding hydrogens is 416 g/mol. The van der Waals surface area contributed by atoms with Gasteiger partial charge in [0.25, 0.3) is 0 Å². The van der Waals surface area contributed by atoms with Gasteiger partial charge in [-0.05, 0) is 0 Å². The molecule has 0 radical (unpaired) electrons. The van der Waals surface area contributed by atoms with E-state index in [-0.39, 0.29) is 32.7 Å². The van der Waals surface area contributed by atoms with Gasteiger partial charge in [0.1, 0.15) is 20.2 Å². The number of anilines is 3. The van der Waals surface area contributed by atoms with Crippen LogP contribution in [0.4, 0.5) is 17.8 Å². The largest absolute Gasteiger partial charge is 0.454 e. The Balaban J connectivity index is 0.000000615. The summed E-state index contributed by atoms with van der Waals surface area (Å²) in [6.07, 6.45) is 1.05. The number of nitrogens with one attached hydrogen (secondary N) is 1. The van der Waals surface area contributed by atoms with E-state index < -0.39 is 11.9 Å². The molecule has 14 heteroatoms. The first-order valence-corrected chi connectivity index (χ1v) is 8.77. The number of nitrogens with zero attached hydrogens (tertiary/aromatic N) is 4. The molecule has 0 amide bonds. The van der Waals surface area contributed by atoms with Gasteiger partial charge in [0.15, 0.2) is 6.61 Å². The van der Waals surface area contributed by atoms with Gasteiger partial charge in [0, 0.05) is 48.7 Å². The van der Waals surface area contributed by atoms with Crippen LogP contribution in [0.1, 0.15) is 0 Å². The summed E-state index contributed by atoms with van der Waals surface area (Å²) in [5.41, 5.74) is 5.61. The first-order valence-electron chi connectivity index (χ1n) is 8.77. The maximum absolute atomic E-state index is 10.7. The lowest BCUT2D eigenvalue weighted by Gasteiger charge is -2.27. The number of carbonyl (C=O) groups is 1. The van der Waals surface area contributed by atoms with Gasteiger partial charge in [-0.15, -0.1) is 0 Å². The number of nitrogens with two attached hydrogens (primary N) is 1. The Labute approximate surface area is 181 Å². The number of aromatic nitrogens is 3. The molecule has 0 saturated carbocycles. The number of nitrogen functional groups attached to an aromatic ring is 1. The van der Waals surface area contributed by atoms with E-state index in [0.29, 0.717) is 11.9 Å². The number of carbonyl (C=O) groups excluding carboxylic acids is 1. The topological polar surface area (TPSA) is 162 Å². The highest BCUT2D eigenvalue weighted by molar-refractivity contribution is 5.81. The van der Waals surface area contributed by atoms with E-state index in [1.165, 1.54) is 21.3 Å². The fourth-order valence-electron chi connectivity index (χ4n) is 1.85. The number of esters is 1. The van der Waals surface area contributed by atoms with Crippen molar-refractivity contribution in [3.63, 3.8) is 0 Å². The van der Waals surface area contributed by atoms with Crippen molar-refractivity contribution < 1.29 is 38.0 Å². The van der Waals surface area contributed by atoms with E-state index in [9.17, 15) is 4.79 Å². The Morgan fingerprint density at radius 3 is 2.06 bits per heavy atom. The minimum atomic E-state index is -1.33. The molecule has 1 aromatic heterocycles.